The third-order valence-corrected chi connectivity index (χ3v) is 5.87. The maximum Gasteiger partial charge on any atom is 0.232 e. The number of aromatic nitrogens is 3. The molecule has 0 spiro atoms. The number of piperidine rings is 1. The molecular weight excluding hydrogens is 368 g/mol. The minimum atomic E-state index is -0.396. The van der Waals surface area contributed by atoms with Crippen LogP contribution in [0.4, 0.5) is 11.6 Å². The Morgan fingerprint density at radius 1 is 1.24 bits per heavy atom. The molecule has 2 aliphatic heterocycles. The van der Waals surface area contributed by atoms with Gasteiger partial charge in [-0.25, -0.2) is 4.68 Å². The van der Waals surface area contributed by atoms with Crippen molar-refractivity contribution in [1.29, 1.82) is 0 Å². The van der Waals surface area contributed by atoms with Crippen molar-refractivity contribution in [3.8, 4) is 0 Å². The van der Waals surface area contributed by atoms with Gasteiger partial charge < -0.3 is 10.2 Å². The Morgan fingerprint density at radius 2 is 1.97 bits per heavy atom. The summed E-state index contributed by atoms with van der Waals surface area (Å²) in [5.74, 6) is 0.947. The number of carbonyl (C=O) groups is 2. The lowest BCUT2D eigenvalue weighted by atomic mass is 9.98. The van der Waals surface area contributed by atoms with Crippen LogP contribution in [0.2, 0.25) is 0 Å². The summed E-state index contributed by atoms with van der Waals surface area (Å²) in [7, 11) is 1.79. The number of nitrogens with zero attached hydrogens (tertiary/aromatic N) is 4. The smallest absolute Gasteiger partial charge is 0.232 e. The molecule has 2 saturated heterocycles. The molecule has 0 radical (unpaired) electrons. The normalized spacial score (nSPS) is 20.3. The molecule has 2 amide bonds. The van der Waals surface area contributed by atoms with Crippen molar-refractivity contribution in [3.63, 3.8) is 0 Å². The number of rotatable bonds is 5. The van der Waals surface area contributed by atoms with Gasteiger partial charge in [0.1, 0.15) is 0 Å². The van der Waals surface area contributed by atoms with E-state index >= 15 is 0 Å². The van der Waals surface area contributed by atoms with Gasteiger partial charge in [0.2, 0.25) is 17.8 Å². The first-order valence-corrected chi connectivity index (χ1v) is 10.4. The highest BCUT2D eigenvalue weighted by Gasteiger charge is 2.35. The molecule has 1 aromatic heterocycles. The summed E-state index contributed by atoms with van der Waals surface area (Å²) in [4.78, 5) is 31.5. The third-order valence-electron chi connectivity index (χ3n) is 5.87. The molecule has 2 aromatic rings. The second kappa shape index (κ2) is 8.32. The lowest BCUT2D eigenvalue weighted by Gasteiger charge is -2.19. The average molecular weight is 396 g/mol. The quantitative estimate of drug-likeness (QED) is 0.805. The monoisotopic (exact) mass is 396 g/mol. The zero-order valence-corrected chi connectivity index (χ0v) is 17.0. The van der Waals surface area contributed by atoms with E-state index in [2.05, 4.69) is 27.6 Å². The second-order valence-corrected chi connectivity index (χ2v) is 7.86. The highest BCUT2D eigenvalue weighted by molar-refractivity contribution is 6.03. The molecule has 4 rings (SSSR count). The molecule has 2 aliphatic rings. The molecular formula is C21H28N6O2. The SMILES string of the molecule is CCc1ccc(N2CC(C(=O)Nc3nc(C4CCNCC4)nn3C)CC2=O)cc1. The van der Waals surface area contributed by atoms with Crippen LogP contribution < -0.4 is 15.5 Å². The van der Waals surface area contributed by atoms with E-state index < -0.39 is 5.92 Å². The van der Waals surface area contributed by atoms with E-state index in [0.29, 0.717) is 18.4 Å². The van der Waals surface area contributed by atoms with Gasteiger partial charge in [0.05, 0.1) is 5.92 Å². The first kappa shape index (κ1) is 19.6. The Kier molecular flexibility index (Phi) is 5.62. The van der Waals surface area contributed by atoms with Crippen LogP contribution >= 0.6 is 0 Å². The Hall–Kier alpha value is -2.74. The van der Waals surface area contributed by atoms with Crippen molar-refractivity contribution in [2.24, 2.45) is 13.0 Å². The first-order valence-electron chi connectivity index (χ1n) is 10.4. The average Bonchev–Trinajstić information content (AvgIpc) is 3.31. The second-order valence-electron chi connectivity index (χ2n) is 7.86. The summed E-state index contributed by atoms with van der Waals surface area (Å²) in [6.45, 7) is 4.41. The van der Waals surface area contributed by atoms with E-state index in [-0.39, 0.29) is 18.2 Å². The first-order chi connectivity index (χ1) is 14.0. The Balaban J connectivity index is 1.41. The number of amides is 2. The van der Waals surface area contributed by atoms with Gasteiger partial charge in [0, 0.05) is 31.6 Å². The lowest BCUT2D eigenvalue weighted by molar-refractivity contribution is -0.122. The molecule has 8 nitrogen and oxygen atoms in total. The summed E-state index contributed by atoms with van der Waals surface area (Å²) >= 11 is 0. The number of hydrogen-bond acceptors (Lipinski definition) is 5. The van der Waals surface area contributed by atoms with E-state index in [1.54, 1.807) is 16.6 Å². The third kappa shape index (κ3) is 4.17. The minimum absolute atomic E-state index is 0.0252. The fourth-order valence-electron chi connectivity index (χ4n) is 4.02. The van der Waals surface area contributed by atoms with Gasteiger partial charge in [0.25, 0.3) is 0 Å². The molecule has 154 valence electrons. The molecule has 0 aliphatic carbocycles. The number of hydrogen-bond donors (Lipinski definition) is 2. The fourth-order valence-corrected chi connectivity index (χ4v) is 4.02. The Bertz CT molecular complexity index is 885. The molecule has 3 heterocycles. The van der Waals surface area contributed by atoms with Crippen LogP contribution in [0.3, 0.4) is 0 Å². The molecule has 2 N–H and O–H groups in total. The van der Waals surface area contributed by atoms with Crippen molar-refractivity contribution < 1.29 is 9.59 Å². The van der Waals surface area contributed by atoms with E-state index in [0.717, 1.165) is 43.9 Å². The number of nitrogens with one attached hydrogen (secondary N) is 2. The van der Waals surface area contributed by atoms with Crippen LogP contribution in [0.1, 0.15) is 43.5 Å². The molecule has 29 heavy (non-hydrogen) atoms. The van der Waals surface area contributed by atoms with Gasteiger partial charge in [-0.1, -0.05) is 19.1 Å². The molecule has 0 bridgehead atoms. The van der Waals surface area contributed by atoms with Gasteiger partial charge in [0.15, 0.2) is 5.82 Å². The molecule has 1 aromatic carbocycles. The van der Waals surface area contributed by atoms with E-state index in [9.17, 15) is 9.59 Å². The minimum Gasteiger partial charge on any atom is -0.317 e. The molecule has 0 saturated carbocycles. The number of anilines is 2. The predicted octanol–water partition coefficient (Wildman–Crippen LogP) is 1.84. The van der Waals surface area contributed by atoms with Gasteiger partial charge in [-0.3, -0.25) is 14.9 Å². The maximum absolute atomic E-state index is 12.8. The molecule has 1 unspecified atom stereocenters. The van der Waals surface area contributed by atoms with Gasteiger partial charge in [-0.2, -0.15) is 10.1 Å². The van der Waals surface area contributed by atoms with Gasteiger partial charge in [-0.15, -0.1) is 0 Å². The topological polar surface area (TPSA) is 92.2 Å². The summed E-state index contributed by atoms with van der Waals surface area (Å²) < 4.78 is 1.62. The fraction of sp³-hybridized carbons (Fsp3) is 0.524. The maximum atomic E-state index is 12.8. The number of aryl methyl sites for hydroxylation is 2. The highest BCUT2D eigenvalue weighted by Crippen LogP contribution is 2.27. The molecule has 1 atom stereocenters. The van der Waals surface area contributed by atoms with Crippen LogP contribution in [0.25, 0.3) is 0 Å². The van der Waals surface area contributed by atoms with E-state index in [1.807, 2.05) is 24.3 Å². The number of carbonyl (C=O) groups excluding carboxylic acids is 2. The van der Waals surface area contributed by atoms with Crippen LogP contribution in [-0.4, -0.2) is 46.2 Å². The number of benzene rings is 1. The lowest BCUT2D eigenvalue weighted by Crippen LogP contribution is -2.28. The highest BCUT2D eigenvalue weighted by atomic mass is 16.2. The van der Waals surface area contributed by atoms with Crippen molar-refractivity contribution >= 4 is 23.5 Å². The summed E-state index contributed by atoms with van der Waals surface area (Å²) in [6.07, 6.45) is 3.16. The van der Waals surface area contributed by atoms with Crippen LogP contribution in [0, 0.1) is 5.92 Å². The van der Waals surface area contributed by atoms with Gasteiger partial charge in [-0.05, 0) is 50.0 Å². The summed E-state index contributed by atoms with van der Waals surface area (Å²) in [5, 5.41) is 10.7. The zero-order chi connectivity index (χ0) is 20.4. The predicted molar refractivity (Wildman–Crippen MR) is 111 cm³/mol. The van der Waals surface area contributed by atoms with Crippen molar-refractivity contribution in [3.05, 3.63) is 35.7 Å². The largest absolute Gasteiger partial charge is 0.317 e. The van der Waals surface area contributed by atoms with Gasteiger partial charge >= 0.3 is 0 Å². The van der Waals surface area contributed by atoms with Crippen molar-refractivity contribution in [2.75, 3.05) is 29.9 Å². The van der Waals surface area contributed by atoms with Crippen LogP contribution in [0.5, 0.6) is 0 Å². The van der Waals surface area contributed by atoms with Crippen LogP contribution in [-0.2, 0) is 23.1 Å². The summed E-state index contributed by atoms with van der Waals surface area (Å²) in [5.41, 5.74) is 2.07. The zero-order valence-electron chi connectivity index (χ0n) is 17.0. The van der Waals surface area contributed by atoms with Crippen molar-refractivity contribution in [1.82, 2.24) is 20.1 Å². The molecule has 8 heteroatoms. The van der Waals surface area contributed by atoms with E-state index in [4.69, 9.17) is 0 Å². The molecule has 2 fully saturated rings. The van der Waals surface area contributed by atoms with Crippen molar-refractivity contribution in [2.45, 2.75) is 38.5 Å². The Morgan fingerprint density at radius 3 is 2.66 bits per heavy atom. The Labute approximate surface area is 170 Å². The van der Waals surface area contributed by atoms with Crippen LogP contribution in [0.15, 0.2) is 24.3 Å². The standard InChI is InChI=1S/C21H28N6O2/c1-3-14-4-6-17(7-5-14)27-13-16(12-18(27)28)20(29)24-21-23-19(25-26(21)2)15-8-10-22-11-9-15/h4-7,15-16,22H,3,8-13H2,1-2H3,(H,23,24,25,29). The summed E-state index contributed by atoms with van der Waals surface area (Å²) in [6, 6.07) is 7.95. The van der Waals surface area contributed by atoms with E-state index in [1.165, 1.54) is 5.56 Å².